The summed E-state index contributed by atoms with van der Waals surface area (Å²) >= 11 is 1.51. The lowest BCUT2D eigenvalue weighted by Crippen LogP contribution is -2.17. The molecule has 0 aliphatic rings. The average Bonchev–Trinajstić information content (AvgIpc) is 3.37. The fraction of sp³-hybridized carbons (Fsp3) is 0.136. The van der Waals surface area contributed by atoms with Crippen LogP contribution in [0.15, 0.2) is 71.6 Å². The second-order valence-corrected chi connectivity index (χ2v) is 7.88. The number of amides is 1. The molecule has 4 aromatic heterocycles. The number of hydrogen-bond donors (Lipinski definition) is 2. The largest absolute Gasteiger partial charge is 0.459 e. The van der Waals surface area contributed by atoms with Crippen molar-refractivity contribution in [2.24, 2.45) is 0 Å². The number of pyridine rings is 2. The third-order valence-electron chi connectivity index (χ3n) is 4.36. The molecule has 0 radical (unpaired) electrons. The van der Waals surface area contributed by atoms with Crippen LogP contribution in [0.5, 0.6) is 0 Å². The first-order valence-electron chi connectivity index (χ1n) is 9.15. The van der Waals surface area contributed by atoms with E-state index in [1.165, 1.54) is 17.6 Å². The molecular formula is C22H20N4O2S. The molecule has 1 unspecified atom stereocenters. The molecule has 0 aliphatic carbocycles. The Morgan fingerprint density at radius 3 is 2.69 bits per heavy atom. The molecule has 0 spiro atoms. The number of carbonyl (C=O) groups is 1. The van der Waals surface area contributed by atoms with Gasteiger partial charge < -0.3 is 15.1 Å². The van der Waals surface area contributed by atoms with Gasteiger partial charge in [-0.1, -0.05) is 6.07 Å². The zero-order chi connectivity index (χ0) is 20.2. The minimum atomic E-state index is -0.286. The molecule has 4 heterocycles. The summed E-state index contributed by atoms with van der Waals surface area (Å²) in [5, 5.41) is 7.20. The number of aromatic nitrogens is 2. The van der Waals surface area contributed by atoms with Crippen LogP contribution in [0.2, 0.25) is 0 Å². The Labute approximate surface area is 172 Å². The molecule has 6 nitrogen and oxygen atoms in total. The summed E-state index contributed by atoms with van der Waals surface area (Å²) in [6, 6.07) is 14.8. The molecule has 4 aromatic rings. The van der Waals surface area contributed by atoms with Gasteiger partial charge in [0.25, 0.3) is 5.91 Å². The minimum Gasteiger partial charge on any atom is -0.459 e. The Hall–Kier alpha value is -3.45. The van der Waals surface area contributed by atoms with Gasteiger partial charge in [0.1, 0.15) is 10.8 Å². The minimum absolute atomic E-state index is 0.268. The number of thiophene rings is 1. The first kappa shape index (κ1) is 18.9. The first-order valence-corrected chi connectivity index (χ1v) is 9.97. The standard InChI is InChI=1S/C22H20N4O2S/c1-14-8-10-24-19(12-14)25-20(17-6-3-4-9-23-17)16-13-15(2)29-22(16)26-21(27)18-7-5-11-28-18/h3-13,20H,1-2H3,(H,24,25)(H,26,27). The van der Waals surface area contributed by atoms with Crippen LogP contribution < -0.4 is 10.6 Å². The maximum absolute atomic E-state index is 12.6. The highest BCUT2D eigenvalue weighted by Gasteiger charge is 2.23. The molecule has 0 fully saturated rings. The molecule has 1 amide bonds. The predicted octanol–water partition coefficient (Wildman–Crippen LogP) is 5.20. The van der Waals surface area contributed by atoms with Crippen molar-refractivity contribution in [2.75, 3.05) is 10.6 Å². The van der Waals surface area contributed by atoms with E-state index in [1.807, 2.05) is 44.2 Å². The second-order valence-electron chi connectivity index (χ2n) is 6.62. The Kier molecular flexibility index (Phi) is 5.39. The Bertz CT molecular complexity index is 1110. The molecule has 0 saturated heterocycles. The molecule has 4 rings (SSSR count). The van der Waals surface area contributed by atoms with Crippen LogP contribution in [0.4, 0.5) is 10.8 Å². The number of rotatable bonds is 6. The van der Waals surface area contributed by atoms with E-state index in [0.717, 1.165) is 32.5 Å². The van der Waals surface area contributed by atoms with E-state index in [2.05, 4.69) is 26.7 Å². The summed E-state index contributed by atoms with van der Waals surface area (Å²) < 4.78 is 5.22. The topological polar surface area (TPSA) is 80.0 Å². The quantitative estimate of drug-likeness (QED) is 0.462. The first-order chi connectivity index (χ1) is 14.1. The SMILES string of the molecule is Cc1ccnc(NC(c2ccccn2)c2cc(C)sc2NC(=O)c2ccco2)c1. The average molecular weight is 404 g/mol. The predicted molar refractivity (Wildman–Crippen MR) is 114 cm³/mol. The third-order valence-corrected chi connectivity index (χ3v) is 5.34. The Morgan fingerprint density at radius 2 is 1.97 bits per heavy atom. The number of carbonyl (C=O) groups excluding carboxylic acids is 1. The number of aryl methyl sites for hydroxylation is 2. The Balaban J connectivity index is 1.72. The monoisotopic (exact) mass is 404 g/mol. The maximum Gasteiger partial charge on any atom is 0.291 e. The van der Waals surface area contributed by atoms with E-state index in [9.17, 15) is 4.79 Å². The molecule has 0 saturated carbocycles. The van der Waals surface area contributed by atoms with Gasteiger partial charge in [-0.3, -0.25) is 9.78 Å². The lowest BCUT2D eigenvalue weighted by molar-refractivity contribution is 0.0997. The molecular weight excluding hydrogens is 384 g/mol. The van der Waals surface area contributed by atoms with Crippen molar-refractivity contribution in [3.63, 3.8) is 0 Å². The zero-order valence-electron chi connectivity index (χ0n) is 16.0. The maximum atomic E-state index is 12.6. The van der Waals surface area contributed by atoms with E-state index >= 15 is 0 Å². The van der Waals surface area contributed by atoms with Crippen molar-refractivity contribution in [1.82, 2.24) is 9.97 Å². The molecule has 7 heteroatoms. The normalized spacial score (nSPS) is 11.8. The van der Waals surface area contributed by atoms with E-state index in [-0.39, 0.29) is 17.7 Å². The molecule has 146 valence electrons. The number of furan rings is 1. The van der Waals surface area contributed by atoms with Crippen LogP contribution >= 0.6 is 11.3 Å². The van der Waals surface area contributed by atoms with E-state index in [1.54, 1.807) is 24.5 Å². The number of nitrogens with one attached hydrogen (secondary N) is 2. The fourth-order valence-electron chi connectivity index (χ4n) is 3.04. The van der Waals surface area contributed by atoms with Crippen molar-refractivity contribution >= 4 is 28.1 Å². The van der Waals surface area contributed by atoms with Gasteiger partial charge in [0.2, 0.25) is 0 Å². The van der Waals surface area contributed by atoms with Crippen LogP contribution in [0.3, 0.4) is 0 Å². The van der Waals surface area contributed by atoms with Crippen molar-refractivity contribution in [2.45, 2.75) is 19.9 Å². The summed E-state index contributed by atoms with van der Waals surface area (Å²) in [5.74, 6) is 0.726. The molecule has 2 N–H and O–H groups in total. The third kappa shape index (κ3) is 4.35. The van der Waals surface area contributed by atoms with Crippen LogP contribution in [0.25, 0.3) is 0 Å². The van der Waals surface area contributed by atoms with Gasteiger partial charge in [-0.2, -0.15) is 0 Å². The van der Waals surface area contributed by atoms with Gasteiger partial charge in [0.15, 0.2) is 5.76 Å². The molecule has 0 aliphatic heterocycles. The summed E-state index contributed by atoms with van der Waals surface area (Å²) in [4.78, 5) is 22.6. The highest BCUT2D eigenvalue weighted by Crippen LogP contribution is 2.37. The van der Waals surface area contributed by atoms with Gasteiger partial charge >= 0.3 is 0 Å². The molecule has 29 heavy (non-hydrogen) atoms. The number of anilines is 2. The zero-order valence-corrected chi connectivity index (χ0v) is 16.9. The summed E-state index contributed by atoms with van der Waals surface area (Å²) in [5.41, 5.74) is 2.87. The van der Waals surface area contributed by atoms with E-state index < -0.39 is 0 Å². The van der Waals surface area contributed by atoms with Crippen LogP contribution in [-0.2, 0) is 0 Å². The van der Waals surface area contributed by atoms with Crippen molar-refractivity contribution in [1.29, 1.82) is 0 Å². The smallest absolute Gasteiger partial charge is 0.291 e. The van der Waals surface area contributed by atoms with Crippen molar-refractivity contribution in [3.8, 4) is 0 Å². The second kappa shape index (κ2) is 8.28. The van der Waals surface area contributed by atoms with Gasteiger partial charge in [-0.15, -0.1) is 11.3 Å². The molecule has 0 aromatic carbocycles. The summed E-state index contributed by atoms with van der Waals surface area (Å²) in [7, 11) is 0. The van der Waals surface area contributed by atoms with Crippen molar-refractivity contribution < 1.29 is 9.21 Å². The summed E-state index contributed by atoms with van der Waals surface area (Å²) in [6.07, 6.45) is 5.01. The molecule has 1 atom stereocenters. The lowest BCUT2D eigenvalue weighted by Gasteiger charge is -2.20. The van der Waals surface area contributed by atoms with Crippen LogP contribution in [0.1, 0.15) is 38.3 Å². The van der Waals surface area contributed by atoms with Crippen LogP contribution in [0, 0.1) is 13.8 Å². The van der Waals surface area contributed by atoms with Gasteiger partial charge in [-0.05, 0) is 61.9 Å². The van der Waals surface area contributed by atoms with E-state index in [0.29, 0.717) is 0 Å². The highest BCUT2D eigenvalue weighted by molar-refractivity contribution is 7.16. The van der Waals surface area contributed by atoms with Gasteiger partial charge in [-0.25, -0.2) is 4.98 Å². The summed E-state index contributed by atoms with van der Waals surface area (Å²) in [6.45, 7) is 4.03. The highest BCUT2D eigenvalue weighted by atomic mass is 32.1. The Morgan fingerprint density at radius 1 is 1.07 bits per heavy atom. The fourth-order valence-corrected chi connectivity index (χ4v) is 3.99. The van der Waals surface area contributed by atoms with Crippen molar-refractivity contribution in [3.05, 3.63) is 94.6 Å². The van der Waals surface area contributed by atoms with Crippen LogP contribution in [-0.4, -0.2) is 15.9 Å². The molecule has 0 bridgehead atoms. The van der Waals surface area contributed by atoms with Gasteiger partial charge in [0.05, 0.1) is 18.0 Å². The van der Waals surface area contributed by atoms with E-state index in [4.69, 9.17) is 4.42 Å². The number of hydrogen-bond acceptors (Lipinski definition) is 6. The van der Waals surface area contributed by atoms with Gasteiger partial charge in [0, 0.05) is 22.8 Å². The lowest BCUT2D eigenvalue weighted by atomic mass is 10.0. The number of nitrogens with zero attached hydrogens (tertiary/aromatic N) is 2.